The summed E-state index contributed by atoms with van der Waals surface area (Å²) in [7, 11) is 0. The van der Waals surface area contributed by atoms with Gasteiger partial charge < -0.3 is 15.2 Å². The van der Waals surface area contributed by atoms with Gasteiger partial charge in [0, 0.05) is 30.7 Å². The van der Waals surface area contributed by atoms with Crippen molar-refractivity contribution in [2.24, 2.45) is 5.92 Å². The van der Waals surface area contributed by atoms with Crippen molar-refractivity contribution in [3.63, 3.8) is 0 Å². The van der Waals surface area contributed by atoms with Gasteiger partial charge in [-0.1, -0.05) is 13.0 Å². The average Bonchev–Trinajstić information content (AvgIpc) is 2.40. The highest BCUT2D eigenvalue weighted by Gasteiger charge is 2.24. The second kappa shape index (κ2) is 5.93. The van der Waals surface area contributed by atoms with E-state index in [9.17, 15) is 5.11 Å². The fraction of sp³-hybridized carbons (Fsp3) is 0.625. The smallest absolute Gasteiger partial charge is 0.124 e. The van der Waals surface area contributed by atoms with Crippen molar-refractivity contribution in [3.8, 4) is 5.75 Å². The summed E-state index contributed by atoms with van der Waals surface area (Å²) in [4.78, 5) is 0. The number of nitrogens with one attached hydrogen (secondary N) is 1. The zero-order chi connectivity index (χ0) is 14.0. The van der Waals surface area contributed by atoms with Crippen LogP contribution in [0.25, 0.3) is 0 Å². The Kier molecular flexibility index (Phi) is 4.48. The maximum Gasteiger partial charge on any atom is 0.124 e. The van der Waals surface area contributed by atoms with Crippen molar-refractivity contribution in [3.05, 3.63) is 28.8 Å². The van der Waals surface area contributed by atoms with E-state index >= 15 is 0 Å². The molecule has 0 bridgehead atoms. The van der Waals surface area contributed by atoms with Gasteiger partial charge in [0.05, 0.1) is 6.61 Å². The van der Waals surface area contributed by atoms with Crippen LogP contribution in [0.4, 0.5) is 0 Å². The van der Waals surface area contributed by atoms with Gasteiger partial charge in [0.2, 0.25) is 0 Å². The minimum atomic E-state index is 0.219. The second-order valence-corrected chi connectivity index (χ2v) is 5.78. The number of aryl methyl sites for hydroxylation is 2. The number of rotatable bonds is 4. The maximum absolute atomic E-state index is 9.25. The van der Waals surface area contributed by atoms with Crippen molar-refractivity contribution < 1.29 is 9.84 Å². The predicted molar refractivity (Wildman–Crippen MR) is 77.6 cm³/mol. The van der Waals surface area contributed by atoms with Crippen LogP contribution >= 0.6 is 0 Å². The summed E-state index contributed by atoms with van der Waals surface area (Å²) in [5.74, 6) is 1.27. The standard InChI is InChI=1S/C16H25NO2/c1-10-7-14-15(17-13(4)12(3)9-18)5-6-19-16(14)8-11(10)2/h7-8,12-13,15,17-18H,5-6,9H2,1-4H3. The van der Waals surface area contributed by atoms with E-state index in [2.05, 4.69) is 45.1 Å². The molecule has 0 aromatic heterocycles. The van der Waals surface area contributed by atoms with Gasteiger partial charge in [-0.2, -0.15) is 0 Å². The number of hydrogen-bond donors (Lipinski definition) is 2. The van der Waals surface area contributed by atoms with E-state index in [4.69, 9.17) is 4.74 Å². The third kappa shape index (κ3) is 3.10. The molecule has 0 amide bonds. The van der Waals surface area contributed by atoms with Gasteiger partial charge in [0.1, 0.15) is 5.75 Å². The molecule has 106 valence electrons. The first kappa shape index (κ1) is 14.4. The van der Waals surface area contributed by atoms with Gasteiger partial charge in [-0.05, 0) is 43.9 Å². The molecule has 3 atom stereocenters. The number of aliphatic hydroxyl groups excluding tert-OH is 1. The van der Waals surface area contributed by atoms with Crippen molar-refractivity contribution in [1.29, 1.82) is 0 Å². The molecule has 0 spiro atoms. The molecule has 0 radical (unpaired) electrons. The van der Waals surface area contributed by atoms with Crippen LogP contribution in [0, 0.1) is 19.8 Å². The molecule has 3 nitrogen and oxygen atoms in total. The van der Waals surface area contributed by atoms with Gasteiger partial charge in [-0.15, -0.1) is 0 Å². The molecule has 1 aromatic carbocycles. The Labute approximate surface area is 116 Å². The van der Waals surface area contributed by atoms with E-state index < -0.39 is 0 Å². The number of aliphatic hydroxyl groups is 1. The molecule has 3 unspecified atom stereocenters. The van der Waals surface area contributed by atoms with Crippen molar-refractivity contribution in [1.82, 2.24) is 5.32 Å². The van der Waals surface area contributed by atoms with Gasteiger partial charge in [-0.3, -0.25) is 0 Å². The van der Waals surface area contributed by atoms with Gasteiger partial charge in [-0.25, -0.2) is 0 Å². The third-order valence-electron chi connectivity index (χ3n) is 4.27. The van der Waals surface area contributed by atoms with E-state index in [1.54, 1.807) is 0 Å². The van der Waals surface area contributed by atoms with Gasteiger partial charge >= 0.3 is 0 Å². The molecule has 0 aliphatic carbocycles. The molecule has 0 saturated carbocycles. The molecule has 1 aliphatic rings. The minimum absolute atomic E-state index is 0.219. The van der Waals surface area contributed by atoms with Crippen LogP contribution in [0.3, 0.4) is 0 Å². The van der Waals surface area contributed by atoms with E-state index in [0.29, 0.717) is 12.1 Å². The number of fused-ring (bicyclic) bond motifs is 1. The Morgan fingerprint density at radius 3 is 2.68 bits per heavy atom. The number of hydrogen-bond acceptors (Lipinski definition) is 3. The predicted octanol–water partition coefficient (Wildman–Crippen LogP) is 2.73. The molecule has 2 N–H and O–H groups in total. The zero-order valence-electron chi connectivity index (χ0n) is 12.4. The Hall–Kier alpha value is -1.06. The highest BCUT2D eigenvalue weighted by molar-refractivity contribution is 5.44. The largest absolute Gasteiger partial charge is 0.493 e. The van der Waals surface area contributed by atoms with E-state index in [0.717, 1.165) is 18.8 Å². The Morgan fingerprint density at radius 1 is 1.32 bits per heavy atom. The maximum atomic E-state index is 9.25. The lowest BCUT2D eigenvalue weighted by Crippen LogP contribution is -2.38. The molecule has 19 heavy (non-hydrogen) atoms. The summed E-state index contributed by atoms with van der Waals surface area (Å²) >= 11 is 0. The fourth-order valence-electron chi connectivity index (χ4n) is 2.46. The first-order valence-corrected chi connectivity index (χ1v) is 7.13. The number of ether oxygens (including phenoxy) is 1. The summed E-state index contributed by atoms with van der Waals surface area (Å²) in [6, 6.07) is 4.99. The van der Waals surface area contributed by atoms with Crippen molar-refractivity contribution in [2.45, 2.75) is 46.2 Å². The van der Waals surface area contributed by atoms with Gasteiger partial charge in [0.25, 0.3) is 0 Å². The van der Waals surface area contributed by atoms with Crippen LogP contribution in [0.5, 0.6) is 5.75 Å². The molecule has 2 rings (SSSR count). The normalized spacial score (nSPS) is 21.4. The Balaban J connectivity index is 2.20. The minimum Gasteiger partial charge on any atom is -0.493 e. The fourth-order valence-corrected chi connectivity index (χ4v) is 2.46. The highest BCUT2D eigenvalue weighted by atomic mass is 16.5. The monoisotopic (exact) mass is 263 g/mol. The molecule has 1 aromatic rings. The summed E-state index contributed by atoms with van der Waals surface area (Å²) in [6.07, 6.45) is 0.984. The van der Waals surface area contributed by atoms with Crippen LogP contribution in [0.1, 0.15) is 43.0 Å². The molecular formula is C16H25NO2. The lowest BCUT2D eigenvalue weighted by Gasteiger charge is -2.31. The number of benzene rings is 1. The second-order valence-electron chi connectivity index (χ2n) is 5.78. The first-order valence-electron chi connectivity index (χ1n) is 7.13. The Morgan fingerprint density at radius 2 is 2.00 bits per heavy atom. The molecule has 1 aliphatic heterocycles. The van der Waals surface area contributed by atoms with Crippen LogP contribution < -0.4 is 10.1 Å². The highest BCUT2D eigenvalue weighted by Crippen LogP contribution is 2.34. The first-order chi connectivity index (χ1) is 9.02. The van der Waals surface area contributed by atoms with E-state index in [1.165, 1.54) is 16.7 Å². The van der Waals surface area contributed by atoms with Crippen molar-refractivity contribution in [2.75, 3.05) is 13.2 Å². The molecule has 0 saturated heterocycles. The molecular weight excluding hydrogens is 238 g/mol. The van der Waals surface area contributed by atoms with Crippen molar-refractivity contribution >= 4 is 0 Å². The summed E-state index contributed by atoms with van der Waals surface area (Å²) in [5.41, 5.74) is 3.83. The SMILES string of the molecule is Cc1cc2c(cc1C)C(NC(C)C(C)CO)CCO2. The summed E-state index contributed by atoms with van der Waals surface area (Å²) in [6.45, 7) is 9.44. The molecule has 0 fully saturated rings. The van der Waals surface area contributed by atoms with Crippen LogP contribution in [0.2, 0.25) is 0 Å². The third-order valence-corrected chi connectivity index (χ3v) is 4.27. The van der Waals surface area contributed by atoms with E-state index in [-0.39, 0.29) is 12.5 Å². The summed E-state index contributed by atoms with van der Waals surface area (Å²) in [5, 5.41) is 12.9. The van der Waals surface area contributed by atoms with Crippen LogP contribution in [-0.2, 0) is 0 Å². The lowest BCUT2D eigenvalue weighted by molar-refractivity contribution is 0.187. The topological polar surface area (TPSA) is 41.5 Å². The van der Waals surface area contributed by atoms with Crippen LogP contribution in [-0.4, -0.2) is 24.4 Å². The van der Waals surface area contributed by atoms with Crippen LogP contribution in [0.15, 0.2) is 12.1 Å². The van der Waals surface area contributed by atoms with E-state index in [1.807, 2.05) is 0 Å². The Bertz CT molecular complexity index is 445. The summed E-state index contributed by atoms with van der Waals surface area (Å²) < 4.78 is 5.77. The average molecular weight is 263 g/mol. The zero-order valence-corrected chi connectivity index (χ0v) is 12.4. The molecule has 3 heteroatoms. The van der Waals surface area contributed by atoms with Gasteiger partial charge in [0.15, 0.2) is 0 Å². The lowest BCUT2D eigenvalue weighted by atomic mass is 9.94. The molecule has 1 heterocycles. The quantitative estimate of drug-likeness (QED) is 0.877.